The highest BCUT2D eigenvalue weighted by atomic mass is 32.2. The van der Waals surface area contributed by atoms with Gasteiger partial charge in [-0.3, -0.25) is 4.79 Å². The fraction of sp³-hybridized carbons (Fsp3) is 0.316. The molecule has 0 bridgehead atoms. The van der Waals surface area contributed by atoms with Gasteiger partial charge in [0.25, 0.3) is 5.91 Å². The van der Waals surface area contributed by atoms with Gasteiger partial charge in [0.1, 0.15) is 5.82 Å². The lowest BCUT2D eigenvalue weighted by molar-refractivity contribution is 0.0952. The van der Waals surface area contributed by atoms with E-state index in [-0.39, 0.29) is 5.91 Å². The molecule has 1 aromatic carbocycles. The van der Waals surface area contributed by atoms with Crippen molar-refractivity contribution < 1.29 is 4.79 Å². The lowest BCUT2D eigenvalue weighted by Crippen LogP contribution is -2.27. The van der Waals surface area contributed by atoms with Crippen molar-refractivity contribution in [3.63, 3.8) is 0 Å². The van der Waals surface area contributed by atoms with Crippen molar-refractivity contribution in [1.29, 1.82) is 0 Å². The Bertz CT molecular complexity index is 1120. The minimum Gasteiger partial charge on any atom is -0.369 e. The summed E-state index contributed by atoms with van der Waals surface area (Å²) in [4.78, 5) is 26.0. The first-order valence-corrected chi connectivity index (χ1v) is 11.4. The highest BCUT2D eigenvalue weighted by molar-refractivity contribution is 7.98. The molecule has 0 saturated heterocycles. The van der Waals surface area contributed by atoms with Gasteiger partial charge in [-0.25, -0.2) is 19.6 Å². The Morgan fingerprint density at radius 2 is 2.07 bits per heavy atom. The lowest BCUT2D eigenvalue weighted by Gasteiger charge is -2.08. The van der Waals surface area contributed by atoms with Crippen LogP contribution in [0.3, 0.4) is 0 Å². The summed E-state index contributed by atoms with van der Waals surface area (Å²) < 4.78 is 2.80. The number of thioether (sulfide) groups is 1. The van der Waals surface area contributed by atoms with Crippen LogP contribution in [0.2, 0.25) is 0 Å². The second kappa shape index (κ2) is 8.75. The van der Waals surface area contributed by atoms with Crippen molar-refractivity contribution in [3.8, 4) is 0 Å². The molecule has 4 aromatic rings. The number of hydrogen-bond donors (Lipinski definition) is 2. The summed E-state index contributed by atoms with van der Waals surface area (Å²) in [5.74, 6) is 0.623. The number of anilines is 1. The van der Waals surface area contributed by atoms with E-state index < -0.39 is 0 Å². The topological polar surface area (TPSA) is 97.6 Å². The number of aromatic nitrogens is 5. The van der Waals surface area contributed by atoms with Crippen LogP contribution < -0.4 is 10.6 Å². The van der Waals surface area contributed by atoms with Gasteiger partial charge in [-0.1, -0.05) is 30.8 Å². The summed E-state index contributed by atoms with van der Waals surface area (Å²) in [5.41, 5.74) is 1.60. The van der Waals surface area contributed by atoms with Crippen LogP contribution in [0.5, 0.6) is 0 Å². The lowest BCUT2D eigenvalue weighted by atomic mass is 10.3. The van der Waals surface area contributed by atoms with Gasteiger partial charge in [0.15, 0.2) is 15.8 Å². The number of carbonyl (C=O) groups is 1. The number of hydrogen-bond acceptors (Lipinski definition) is 8. The summed E-state index contributed by atoms with van der Waals surface area (Å²) >= 11 is 2.88. The van der Waals surface area contributed by atoms with Crippen molar-refractivity contribution in [2.24, 2.45) is 0 Å². The normalized spacial score (nSPS) is 11.2. The third-order valence-corrected chi connectivity index (χ3v) is 5.88. The van der Waals surface area contributed by atoms with E-state index in [1.807, 2.05) is 30.5 Å². The van der Waals surface area contributed by atoms with E-state index in [0.29, 0.717) is 23.3 Å². The molecular formula is C19H21N7OS2. The number of amides is 1. The minimum atomic E-state index is -0.174. The fourth-order valence-electron chi connectivity index (χ4n) is 2.89. The number of nitrogens with one attached hydrogen (secondary N) is 2. The van der Waals surface area contributed by atoms with Crippen molar-refractivity contribution in [2.75, 3.05) is 24.7 Å². The van der Waals surface area contributed by atoms with Gasteiger partial charge in [-0.2, -0.15) is 5.10 Å². The van der Waals surface area contributed by atoms with Crippen LogP contribution in [0.25, 0.3) is 21.3 Å². The van der Waals surface area contributed by atoms with Crippen LogP contribution in [0.15, 0.2) is 35.6 Å². The standard InChI is InChI=1S/C19H21N7OS2/c1-3-8-20-15-12-11-22-26(16(12)25-19(24-15)28-2)10-9-21-17(27)18-23-13-6-4-5-7-14(13)29-18/h4-7,11H,3,8-10H2,1-2H3,(H,21,27)(H,20,24,25). The zero-order valence-electron chi connectivity index (χ0n) is 16.2. The van der Waals surface area contributed by atoms with Crippen LogP contribution in [0.4, 0.5) is 5.82 Å². The number of nitrogens with zero attached hydrogens (tertiary/aromatic N) is 5. The molecule has 10 heteroatoms. The molecule has 0 radical (unpaired) electrons. The molecule has 4 rings (SSSR count). The van der Waals surface area contributed by atoms with E-state index in [1.165, 1.54) is 23.1 Å². The smallest absolute Gasteiger partial charge is 0.280 e. The highest BCUT2D eigenvalue weighted by Crippen LogP contribution is 2.24. The van der Waals surface area contributed by atoms with Gasteiger partial charge >= 0.3 is 0 Å². The monoisotopic (exact) mass is 427 g/mol. The Hall–Kier alpha value is -2.72. The van der Waals surface area contributed by atoms with Crippen molar-refractivity contribution in [1.82, 2.24) is 30.0 Å². The summed E-state index contributed by atoms with van der Waals surface area (Å²) in [5, 5.41) is 12.7. The van der Waals surface area contributed by atoms with E-state index in [9.17, 15) is 4.79 Å². The van der Waals surface area contributed by atoms with Crippen LogP contribution in [-0.2, 0) is 6.54 Å². The molecule has 0 unspecified atom stereocenters. The van der Waals surface area contributed by atoms with Crippen LogP contribution in [-0.4, -0.2) is 50.0 Å². The third kappa shape index (κ3) is 4.18. The van der Waals surface area contributed by atoms with Gasteiger partial charge in [0.05, 0.1) is 28.3 Å². The molecule has 0 aliphatic rings. The maximum Gasteiger partial charge on any atom is 0.280 e. The van der Waals surface area contributed by atoms with Gasteiger partial charge in [-0.05, 0) is 24.8 Å². The maximum absolute atomic E-state index is 12.4. The SMILES string of the molecule is CCCNc1nc(SC)nc2c1cnn2CCNC(=O)c1nc2ccccc2s1. The minimum absolute atomic E-state index is 0.174. The number of benzene rings is 1. The fourth-order valence-corrected chi connectivity index (χ4v) is 4.13. The Kier molecular flexibility index (Phi) is 5.91. The molecule has 0 atom stereocenters. The molecule has 0 aliphatic carbocycles. The predicted molar refractivity (Wildman–Crippen MR) is 118 cm³/mol. The van der Waals surface area contributed by atoms with Crippen LogP contribution in [0.1, 0.15) is 23.1 Å². The van der Waals surface area contributed by atoms with E-state index in [1.54, 1.807) is 10.9 Å². The molecule has 2 N–H and O–H groups in total. The second-order valence-electron chi connectivity index (χ2n) is 6.33. The molecule has 0 saturated carbocycles. The molecular weight excluding hydrogens is 406 g/mol. The quantitative estimate of drug-likeness (QED) is 0.328. The van der Waals surface area contributed by atoms with E-state index in [0.717, 1.165) is 40.0 Å². The van der Waals surface area contributed by atoms with E-state index >= 15 is 0 Å². The molecule has 3 heterocycles. The van der Waals surface area contributed by atoms with Gasteiger partial charge in [-0.15, -0.1) is 11.3 Å². The van der Waals surface area contributed by atoms with Gasteiger partial charge in [0.2, 0.25) is 0 Å². The van der Waals surface area contributed by atoms with Crippen LogP contribution in [0, 0.1) is 0 Å². The molecule has 0 aliphatic heterocycles. The molecule has 1 amide bonds. The van der Waals surface area contributed by atoms with Crippen LogP contribution >= 0.6 is 23.1 Å². The summed E-state index contributed by atoms with van der Waals surface area (Å²) in [6.45, 7) is 3.89. The van der Waals surface area contributed by atoms with Crippen molar-refractivity contribution >= 4 is 56.1 Å². The van der Waals surface area contributed by atoms with Gasteiger partial charge < -0.3 is 10.6 Å². The summed E-state index contributed by atoms with van der Waals surface area (Å²) in [7, 11) is 0. The first-order valence-electron chi connectivity index (χ1n) is 9.34. The molecule has 29 heavy (non-hydrogen) atoms. The number of rotatable bonds is 8. The largest absolute Gasteiger partial charge is 0.369 e. The van der Waals surface area contributed by atoms with E-state index in [2.05, 4.69) is 37.6 Å². The Labute approximate surface area is 176 Å². The molecule has 0 fully saturated rings. The Morgan fingerprint density at radius 1 is 1.21 bits per heavy atom. The van der Waals surface area contributed by atoms with Crippen molar-refractivity contribution in [3.05, 3.63) is 35.5 Å². The number of thiazole rings is 1. The summed E-state index contributed by atoms with van der Waals surface area (Å²) in [6.07, 6.45) is 4.72. The Balaban J connectivity index is 1.47. The first-order chi connectivity index (χ1) is 14.2. The van der Waals surface area contributed by atoms with Crippen molar-refractivity contribution in [2.45, 2.75) is 25.0 Å². The molecule has 8 nitrogen and oxygen atoms in total. The van der Waals surface area contributed by atoms with Gasteiger partial charge in [0, 0.05) is 13.1 Å². The number of carbonyl (C=O) groups excluding carboxylic acids is 1. The zero-order valence-corrected chi connectivity index (χ0v) is 17.8. The third-order valence-electron chi connectivity index (χ3n) is 4.30. The second-order valence-corrected chi connectivity index (χ2v) is 8.14. The maximum atomic E-state index is 12.4. The average molecular weight is 428 g/mol. The number of fused-ring (bicyclic) bond motifs is 2. The molecule has 150 valence electrons. The average Bonchev–Trinajstić information content (AvgIpc) is 3.36. The Morgan fingerprint density at radius 3 is 2.86 bits per heavy atom. The predicted octanol–water partition coefficient (Wildman–Crippen LogP) is 3.41. The van der Waals surface area contributed by atoms with E-state index in [4.69, 9.17) is 0 Å². The highest BCUT2D eigenvalue weighted by Gasteiger charge is 2.14. The number of para-hydroxylation sites is 1. The molecule has 3 aromatic heterocycles. The molecule has 0 spiro atoms. The summed E-state index contributed by atoms with van der Waals surface area (Å²) in [6, 6.07) is 7.73. The zero-order chi connectivity index (χ0) is 20.2. The first kappa shape index (κ1) is 19.6.